The maximum absolute atomic E-state index is 11.9. The highest BCUT2D eigenvalue weighted by molar-refractivity contribution is 8.18. The molecule has 96 valence electrons. The van der Waals surface area contributed by atoms with E-state index in [9.17, 15) is 9.59 Å². The molecule has 6 heteroatoms. The van der Waals surface area contributed by atoms with Gasteiger partial charge in [-0.2, -0.15) is 0 Å². The zero-order chi connectivity index (χ0) is 12.3. The summed E-state index contributed by atoms with van der Waals surface area (Å²) in [5, 5.41) is -0.208. The standard InChI is InChI=1S/C12H12N2O2S.ClH/c13-6-7-14-11(15)10(17-12(14)16)8-9-4-2-1-3-5-9;/h1-5,8H,6-7,13H2;1H/b10-8-;. The molecule has 1 aromatic carbocycles. The Kier molecular flexibility index (Phi) is 5.40. The molecule has 1 aliphatic rings. The molecule has 0 bridgehead atoms. The number of hydrogen-bond acceptors (Lipinski definition) is 3. The SMILES string of the molecule is [Cl-].[NH3+]CCN1C(=O)S/C(=C\c2ccccc2)C1=O. The van der Waals surface area contributed by atoms with E-state index in [0.717, 1.165) is 17.3 Å². The van der Waals surface area contributed by atoms with Gasteiger partial charge in [-0.25, -0.2) is 0 Å². The van der Waals surface area contributed by atoms with Gasteiger partial charge in [0, 0.05) is 0 Å². The predicted molar refractivity (Wildman–Crippen MR) is 66.9 cm³/mol. The zero-order valence-corrected chi connectivity index (χ0v) is 11.2. The molecule has 4 nitrogen and oxygen atoms in total. The molecule has 1 aromatic rings. The maximum Gasteiger partial charge on any atom is 0.293 e. The van der Waals surface area contributed by atoms with E-state index >= 15 is 0 Å². The Morgan fingerprint density at radius 1 is 1.22 bits per heavy atom. The van der Waals surface area contributed by atoms with Gasteiger partial charge >= 0.3 is 0 Å². The molecule has 2 rings (SSSR count). The molecule has 0 spiro atoms. The van der Waals surface area contributed by atoms with E-state index in [2.05, 4.69) is 5.73 Å². The van der Waals surface area contributed by atoms with Crippen LogP contribution in [0.15, 0.2) is 35.2 Å². The summed E-state index contributed by atoms with van der Waals surface area (Å²) in [7, 11) is 0. The highest BCUT2D eigenvalue weighted by Crippen LogP contribution is 2.31. The van der Waals surface area contributed by atoms with Crippen molar-refractivity contribution in [1.82, 2.24) is 4.90 Å². The van der Waals surface area contributed by atoms with Crippen LogP contribution in [0.1, 0.15) is 5.56 Å². The van der Waals surface area contributed by atoms with Crippen LogP contribution in [-0.2, 0) is 4.79 Å². The minimum atomic E-state index is -0.215. The number of thioether (sulfide) groups is 1. The highest BCUT2D eigenvalue weighted by Gasteiger charge is 2.34. The smallest absolute Gasteiger partial charge is 0.293 e. The largest absolute Gasteiger partial charge is 1.00 e. The molecular weight excluding hydrogens is 272 g/mol. The third-order valence-electron chi connectivity index (χ3n) is 2.35. The van der Waals surface area contributed by atoms with Crippen LogP contribution in [0.5, 0.6) is 0 Å². The Labute approximate surface area is 116 Å². The molecule has 0 atom stereocenters. The summed E-state index contributed by atoms with van der Waals surface area (Å²) >= 11 is 0.987. The summed E-state index contributed by atoms with van der Waals surface area (Å²) in [6.45, 7) is 0.924. The van der Waals surface area contributed by atoms with Gasteiger partial charge in [0.15, 0.2) is 0 Å². The number of carbonyl (C=O) groups is 2. The number of quaternary nitrogens is 1. The molecule has 0 saturated carbocycles. The number of nitrogens with zero attached hydrogens (tertiary/aromatic N) is 1. The Balaban J connectivity index is 0.00000162. The first-order valence-electron chi connectivity index (χ1n) is 5.32. The first-order chi connectivity index (χ1) is 8.22. The number of benzene rings is 1. The monoisotopic (exact) mass is 284 g/mol. The maximum atomic E-state index is 11.9. The Morgan fingerprint density at radius 2 is 1.89 bits per heavy atom. The van der Waals surface area contributed by atoms with Crippen LogP contribution >= 0.6 is 11.8 Å². The molecule has 0 unspecified atom stereocenters. The Hall–Kier alpha value is -1.30. The van der Waals surface area contributed by atoms with E-state index in [4.69, 9.17) is 0 Å². The first kappa shape index (κ1) is 14.8. The lowest BCUT2D eigenvalue weighted by Gasteiger charge is -2.08. The van der Waals surface area contributed by atoms with E-state index in [-0.39, 0.29) is 23.6 Å². The van der Waals surface area contributed by atoms with Crippen LogP contribution in [0, 0.1) is 0 Å². The van der Waals surface area contributed by atoms with Gasteiger partial charge in [-0.05, 0) is 23.4 Å². The number of hydrogen-bond donors (Lipinski definition) is 1. The third kappa shape index (κ3) is 3.13. The van der Waals surface area contributed by atoms with Crippen LogP contribution in [0.2, 0.25) is 0 Å². The lowest BCUT2D eigenvalue weighted by Crippen LogP contribution is -3.00. The van der Waals surface area contributed by atoms with Gasteiger partial charge < -0.3 is 18.1 Å². The van der Waals surface area contributed by atoms with E-state index in [1.807, 2.05) is 30.3 Å². The summed E-state index contributed by atoms with van der Waals surface area (Å²) in [5.74, 6) is -0.215. The summed E-state index contributed by atoms with van der Waals surface area (Å²) < 4.78 is 0. The summed E-state index contributed by atoms with van der Waals surface area (Å²) in [5.41, 5.74) is 4.58. The minimum Gasteiger partial charge on any atom is -1.00 e. The van der Waals surface area contributed by atoms with Crippen molar-refractivity contribution in [3.63, 3.8) is 0 Å². The average molecular weight is 285 g/mol. The predicted octanol–water partition coefficient (Wildman–Crippen LogP) is -2.03. The lowest BCUT2D eigenvalue weighted by atomic mass is 10.2. The fourth-order valence-corrected chi connectivity index (χ4v) is 2.42. The number of halogens is 1. The van der Waals surface area contributed by atoms with Crippen molar-refractivity contribution in [3.8, 4) is 0 Å². The van der Waals surface area contributed by atoms with Crippen molar-refractivity contribution < 1.29 is 27.7 Å². The van der Waals surface area contributed by atoms with Crippen molar-refractivity contribution in [2.45, 2.75) is 0 Å². The molecule has 0 aromatic heterocycles. The van der Waals surface area contributed by atoms with Gasteiger partial charge in [-0.15, -0.1) is 0 Å². The van der Waals surface area contributed by atoms with Gasteiger partial charge in [-0.3, -0.25) is 14.5 Å². The molecule has 3 N–H and O–H groups in total. The van der Waals surface area contributed by atoms with Crippen molar-refractivity contribution in [3.05, 3.63) is 40.8 Å². The molecule has 2 amide bonds. The molecule has 1 heterocycles. The van der Waals surface area contributed by atoms with Crippen LogP contribution in [0.25, 0.3) is 6.08 Å². The molecule has 0 radical (unpaired) electrons. The topological polar surface area (TPSA) is 65.0 Å². The molecule has 1 aliphatic heterocycles. The highest BCUT2D eigenvalue weighted by atomic mass is 35.5. The van der Waals surface area contributed by atoms with Gasteiger partial charge in [0.1, 0.15) is 0 Å². The van der Waals surface area contributed by atoms with Crippen molar-refractivity contribution in [1.29, 1.82) is 0 Å². The first-order valence-corrected chi connectivity index (χ1v) is 6.13. The van der Waals surface area contributed by atoms with E-state index in [1.54, 1.807) is 6.08 Å². The summed E-state index contributed by atoms with van der Waals surface area (Å²) in [6, 6.07) is 9.49. The summed E-state index contributed by atoms with van der Waals surface area (Å²) in [6.07, 6.45) is 1.74. The van der Waals surface area contributed by atoms with Crippen LogP contribution in [0.3, 0.4) is 0 Å². The number of rotatable bonds is 3. The fraction of sp³-hybridized carbons (Fsp3) is 0.167. The average Bonchev–Trinajstić information content (AvgIpc) is 2.59. The van der Waals surface area contributed by atoms with Crippen LogP contribution < -0.4 is 18.1 Å². The van der Waals surface area contributed by atoms with Gasteiger partial charge in [0.2, 0.25) is 0 Å². The normalized spacial score (nSPS) is 17.2. The van der Waals surface area contributed by atoms with Crippen molar-refractivity contribution in [2.75, 3.05) is 13.1 Å². The van der Waals surface area contributed by atoms with Crippen LogP contribution in [0.4, 0.5) is 4.79 Å². The Morgan fingerprint density at radius 3 is 2.50 bits per heavy atom. The Bertz CT molecular complexity index is 476. The van der Waals surface area contributed by atoms with Gasteiger partial charge in [0.05, 0.1) is 18.0 Å². The molecule has 1 fully saturated rings. The van der Waals surface area contributed by atoms with Crippen LogP contribution in [-0.4, -0.2) is 29.1 Å². The molecule has 1 saturated heterocycles. The third-order valence-corrected chi connectivity index (χ3v) is 3.26. The second kappa shape index (κ2) is 6.58. The van der Waals surface area contributed by atoms with E-state index in [1.165, 1.54) is 4.90 Å². The molecule has 18 heavy (non-hydrogen) atoms. The second-order valence-corrected chi connectivity index (χ2v) is 4.59. The summed E-state index contributed by atoms with van der Waals surface area (Å²) in [4.78, 5) is 25.2. The molecular formula is C12H13ClN2O2S. The van der Waals surface area contributed by atoms with E-state index < -0.39 is 0 Å². The van der Waals surface area contributed by atoms with Gasteiger partial charge in [-0.1, -0.05) is 30.3 Å². The molecule has 0 aliphatic carbocycles. The minimum absolute atomic E-state index is 0. The number of carbonyl (C=O) groups excluding carboxylic acids is 2. The number of imide groups is 1. The van der Waals surface area contributed by atoms with Crippen molar-refractivity contribution >= 4 is 29.0 Å². The fourth-order valence-electron chi connectivity index (χ4n) is 1.55. The zero-order valence-electron chi connectivity index (χ0n) is 9.64. The quantitative estimate of drug-likeness (QED) is 0.651. The van der Waals surface area contributed by atoms with Crippen molar-refractivity contribution in [2.24, 2.45) is 0 Å². The second-order valence-electron chi connectivity index (χ2n) is 3.60. The lowest BCUT2D eigenvalue weighted by molar-refractivity contribution is -0.367. The number of amides is 2. The van der Waals surface area contributed by atoms with Gasteiger partial charge in [0.25, 0.3) is 11.1 Å². The van der Waals surface area contributed by atoms with E-state index in [0.29, 0.717) is 18.0 Å².